The summed E-state index contributed by atoms with van der Waals surface area (Å²) in [4.78, 5) is 26.6. The molecule has 0 spiro atoms. The van der Waals surface area contributed by atoms with Crippen LogP contribution in [-0.2, 0) is 9.59 Å². The van der Waals surface area contributed by atoms with E-state index in [1.54, 1.807) is 19.1 Å². The Morgan fingerprint density at radius 1 is 1.00 bits per heavy atom. The zero-order valence-corrected chi connectivity index (χ0v) is 15.6. The molecule has 2 amide bonds. The number of nitrogens with zero attached hydrogens (tertiary/aromatic N) is 4. The van der Waals surface area contributed by atoms with E-state index in [4.69, 9.17) is 0 Å². The number of rotatable bonds is 2. The van der Waals surface area contributed by atoms with E-state index in [2.05, 4.69) is 26.3 Å². The maximum Gasteiger partial charge on any atom is 0.263 e. The smallest absolute Gasteiger partial charge is 0.263 e. The van der Waals surface area contributed by atoms with Crippen LogP contribution in [0.2, 0.25) is 0 Å². The van der Waals surface area contributed by atoms with E-state index in [-0.39, 0.29) is 5.69 Å². The van der Waals surface area contributed by atoms with Crippen molar-refractivity contribution in [1.82, 2.24) is 0 Å². The number of carbonyl (C=O) groups is 2. The van der Waals surface area contributed by atoms with E-state index < -0.39 is 29.7 Å². The van der Waals surface area contributed by atoms with Gasteiger partial charge >= 0.3 is 0 Å². The first-order valence-corrected chi connectivity index (χ1v) is 8.78. The van der Waals surface area contributed by atoms with Gasteiger partial charge in [-0.2, -0.15) is 5.11 Å². The van der Waals surface area contributed by atoms with Crippen LogP contribution in [0.25, 0.3) is 0 Å². The highest BCUT2D eigenvalue weighted by Gasteiger charge is 2.55. The molecule has 1 saturated heterocycles. The van der Waals surface area contributed by atoms with Gasteiger partial charge in [0.1, 0.15) is 5.82 Å². The molecule has 0 bridgehead atoms. The van der Waals surface area contributed by atoms with Crippen molar-refractivity contribution in [2.45, 2.75) is 25.9 Å². The molecule has 2 aromatic carbocycles. The van der Waals surface area contributed by atoms with Gasteiger partial charge in [-0.1, -0.05) is 27.2 Å². The van der Waals surface area contributed by atoms with Crippen LogP contribution >= 0.6 is 15.9 Å². The fourth-order valence-corrected chi connectivity index (χ4v) is 3.37. The Kier molecular flexibility index (Phi) is 3.87. The van der Waals surface area contributed by atoms with E-state index in [1.807, 2.05) is 19.1 Å². The van der Waals surface area contributed by atoms with Crippen LogP contribution < -0.4 is 9.91 Å². The van der Waals surface area contributed by atoms with Crippen LogP contribution in [0.15, 0.2) is 51.2 Å². The molecule has 0 radical (unpaired) electrons. The fourth-order valence-electron chi connectivity index (χ4n) is 3.12. The van der Waals surface area contributed by atoms with Crippen molar-refractivity contribution >= 4 is 39.1 Å². The van der Waals surface area contributed by atoms with Gasteiger partial charge in [-0.25, -0.2) is 14.3 Å². The zero-order valence-electron chi connectivity index (χ0n) is 14.0. The van der Waals surface area contributed by atoms with Crippen LogP contribution in [-0.4, -0.2) is 23.9 Å². The number of aryl methyl sites for hydroxylation is 2. The van der Waals surface area contributed by atoms with Crippen LogP contribution in [0.4, 0.5) is 15.8 Å². The minimum atomic E-state index is -0.921. The first-order valence-electron chi connectivity index (χ1n) is 7.98. The van der Waals surface area contributed by atoms with Crippen molar-refractivity contribution in [2.75, 3.05) is 9.91 Å². The topological polar surface area (TPSA) is 65.3 Å². The molecular formula is C18H14BrFN4O2. The molecule has 0 aromatic heterocycles. The van der Waals surface area contributed by atoms with Crippen LogP contribution in [0.3, 0.4) is 0 Å². The predicted molar refractivity (Wildman–Crippen MR) is 97.4 cm³/mol. The lowest BCUT2D eigenvalue weighted by Crippen LogP contribution is -2.40. The molecular weight excluding hydrogens is 403 g/mol. The lowest BCUT2D eigenvalue weighted by molar-refractivity contribution is -0.121. The number of fused-ring (bicyclic) bond motifs is 1. The van der Waals surface area contributed by atoms with Crippen molar-refractivity contribution in [2.24, 2.45) is 10.3 Å². The molecule has 4 rings (SSSR count). The number of carbonyl (C=O) groups excluding carboxylic acids is 2. The number of halogens is 2. The molecule has 0 saturated carbocycles. The minimum absolute atomic E-state index is 0.208. The van der Waals surface area contributed by atoms with Gasteiger partial charge in [0, 0.05) is 4.47 Å². The first kappa shape index (κ1) is 16.8. The summed E-state index contributed by atoms with van der Waals surface area (Å²) in [5, 5.41) is 9.46. The van der Waals surface area contributed by atoms with Gasteiger partial charge in [0.2, 0.25) is 0 Å². The van der Waals surface area contributed by atoms with Gasteiger partial charge in [0.15, 0.2) is 12.1 Å². The van der Waals surface area contributed by atoms with Crippen LogP contribution in [0, 0.1) is 19.7 Å². The van der Waals surface area contributed by atoms with E-state index >= 15 is 0 Å². The van der Waals surface area contributed by atoms with E-state index in [1.165, 1.54) is 17.1 Å². The Morgan fingerprint density at radius 3 is 2.42 bits per heavy atom. The van der Waals surface area contributed by atoms with E-state index in [0.29, 0.717) is 11.3 Å². The quantitative estimate of drug-likeness (QED) is 0.700. The van der Waals surface area contributed by atoms with Crippen molar-refractivity contribution in [3.8, 4) is 0 Å². The Morgan fingerprint density at radius 2 is 1.73 bits per heavy atom. The summed E-state index contributed by atoms with van der Waals surface area (Å²) in [7, 11) is 0. The maximum atomic E-state index is 13.9. The average Bonchev–Trinajstić information content (AvgIpc) is 3.14. The Balaban J connectivity index is 1.71. The summed E-state index contributed by atoms with van der Waals surface area (Å²) in [6, 6.07) is 8.02. The number of imide groups is 1. The number of amides is 2. The van der Waals surface area contributed by atoms with E-state index in [9.17, 15) is 14.0 Å². The lowest BCUT2D eigenvalue weighted by Gasteiger charge is -2.21. The van der Waals surface area contributed by atoms with Crippen LogP contribution in [0.5, 0.6) is 0 Å². The van der Waals surface area contributed by atoms with Gasteiger partial charge in [-0.05, 0) is 55.3 Å². The summed E-state index contributed by atoms with van der Waals surface area (Å²) in [6.45, 7) is 3.54. The van der Waals surface area contributed by atoms with Crippen LogP contribution in [0.1, 0.15) is 11.1 Å². The molecule has 132 valence electrons. The molecule has 2 aromatic rings. The molecule has 0 N–H and O–H groups in total. The highest BCUT2D eigenvalue weighted by molar-refractivity contribution is 9.10. The average molecular weight is 417 g/mol. The highest BCUT2D eigenvalue weighted by atomic mass is 79.9. The monoisotopic (exact) mass is 416 g/mol. The lowest BCUT2D eigenvalue weighted by atomic mass is 10.1. The Labute approximate surface area is 157 Å². The largest absolute Gasteiger partial charge is 0.271 e. The predicted octanol–water partition coefficient (Wildman–Crippen LogP) is 3.70. The van der Waals surface area contributed by atoms with E-state index in [0.717, 1.165) is 14.9 Å². The van der Waals surface area contributed by atoms with Crippen molar-refractivity contribution in [3.63, 3.8) is 0 Å². The highest BCUT2D eigenvalue weighted by Crippen LogP contribution is 2.36. The molecule has 8 heteroatoms. The number of hydrogen-bond acceptors (Lipinski definition) is 5. The standard InChI is InChI=1S/C18H14BrFN4O2/c1-9-3-4-11(8-14(9)20)23-17(25)15-16(18(23)26)24(22-21-15)12-5-6-13(19)10(2)7-12/h3-8,15-16H,1-2H3. The molecule has 2 aliphatic rings. The van der Waals surface area contributed by atoms with Gasteiger partial charge < -0.3 is 0 Å². The summed E-state index contributed by atoms with van der Waals surface area (Å²) >= 11 is 3.43. The Hall–Kier alpha value is -2.61. The molecule has 6 nitrogen and oxygen atoms in total. The minimum Gasteiger partial charge on any atom is -0.271 e. The van der Waals surface area contributed by atoms with Crippen molar-refractivity contribution in [3.05, 3.63) is 57.8 Å². The molecule has 2 heterocycles. The number of benzene rings is 2. The third kappa shape index (κ3) is 2.44. The Bertz CT molecular complexity index is 978. The molecule has 26 heavy (non-hydrogen) atoms. The second-order valence-electron chi connectivity index (χ2n) is 6.32. The number of anilines is 2. The van der Waals surface area contributed by atoms with Gasteiger partial charge in [0.05, 0.1) is 11.4 Å². The van der Waals surface area contributed by atoms with Crippen molar-refractivity contribution in [1.29, 1.82) is 0 Å². The zero-order chi connectivity index (χ0) is 18.6. The summed E-state index contributed by atoms with van der Waals surface area (Å²) in [5.41, 5.74) is 2.29. The maximum absolute atomic E-state index is 13.9. The van der Waals surface area contributed by atoms with Crippen molar-refractivity contribution < 1.29 is 14.0 Å². The second-order valence-corrected chi connectivity index (χ2v) is 7.17. The van der Waals surface area contributed by atoms with Gasteiger partial charge in [-0.3, -0.25) is 9.59 Å². The summed E-state index contributed by atoms with van der Waals surface area (Å²) in [6.07, 6.45) is 0. The molecule has 0 aliphatic carbocycles. The van der Waals surface area contributed by atoms with Gasteiger partial charge in [0.25, 0.3) is 11.8 Å². The number of hydrogen-bond donors (Lipinski definition) is 0. The SMILES string of the molecule is Cc1ccc(N2C(=O)C3N=NN(c4ccc(Br)c(C)c4)C3C2=O)cc1F. The summed E-state index contributed by atoms with van der Waals surface area (Å²) in [5.74, 6) is -1.43. The molecule has 2 atom stereocenters. The third-order valence-electron chi connectivity index (χ3n) is 4.60. The van der Waals surface area contributed by atoms with Gasteiger partial charge in [-0.15, -0.1) is 0 Å². The fraction of sp³-hybridized carbons (Fsp3) is 0.222. The first-order chi connectivity index (χ1) is 12.4. The molecule has 2 unspecified atom stereocenters. The summed E-state index contributed by atoms with van der Waals surface area (Å²) < 4.78 is 14.8. The second kappa shape index (κ2) is 5.98. The normalized spacial score (nSPS) is 21.7. The molecule has 2 aliphatic heterocycles. The third-order valence-corrected chi connectivity index (χ3v) is 5.49. The molecule has 1 fully saturated rings.